The molecule has 3 aliphatic heterocycles. The number of anilines is 1. The molecule has 0 bridgehead atoms. The van der Waals surface area contributed by atoms with Crippen LogP contribution in [0, 0.1) is 5.92 Å². The Bertz CT molecular complexity index is 2960. The normalized spacial score (nSPS) is 23.4. The molecule has 4 aromatic rings. The van der Waals surface area contributed by atoms with E-state index in [1.165, 1.54) is 64.2 Å². The molecule has 3 saturated heterocycles. The van der Waals surface area contributed by atoms with Gasteiger partial charge in [-0.25, -0.2) is 5.48 Å². The Morgan fingerprint density at radius 3 is 2.36 bits per heavy atom. The number of aromatic hydroxyl groups is 2. The fourth-order valence-corrected chi connectivity index (χ4v) is 13.8. The zero-order chi connectivity index (χ0) is 58.0. The van der Waals surface area contributed by atoms with Gasteiger partial charge in [-0.3, -0.25) is 33.7 Å². The molecule has 83 heavy (non-hydrogen) atoms. The van der Waals surface area contributed by atoms with Gasteiger partial charge in [0.1, 0.15) is 29.6 Å². The molecule has 448 valence electrons. The maximum absolute atomic E-state index is 14.2. The number of amides is 3. The Labute approximate surface area is 491 Å². The molecular weight excluding hydrogens is 1110 g/mol. The van der Waals surface area contributed by atoms with Crippen LogP contribution < -0.4 is 20.9 Å². The van der Waals surface area contributed by atoms with Crippen LogP contribution in [-0.4, -0.2) is 162 Å². The number of aromatic nitrogens is 3. The van der Waals surface area contributed by atoms with Crippen molar-refractivity contribution in [2.75, 3.05) is 71.4 Å². The zero-order valence-corrected chi connectivity index (χ0v) is 48.9. The lowest BCUT2D eigenvalue weighted by molar-refractivity contribution is -0.243. The van der Waals surface area contributed by atoms with Crippen molar-refractivity contribution in [1.82, 2.24) is 30.7 Å². The third-order valence-electron chi connectivity index (χ3n) is 16.2. The molecule has 7 atom stereocenters. The number of thioether (sulfide) groups is 2. The number of morpholine rings is 1. The van der Waals surface area contributed by atoms with Crippen LogP contribution in [0.15, 0.2) is 42.5 Å². The Morgan fingerprint density at radius 2 is 1.59 bits per heavy atom. The van der Waals surface area contributed by atoms with Crippen molar-refractivity contribution in [2.24, 2.45) is 5.92 Å². The molecule has 4 heterocycles. The summed E-state index contributed by atoms with van der Waals surface area (Å²) in [6, 6.07) is 11.2. The van der Waals surface area contributed by atoms with Crippen molar-refractivity contribution in [3.63, 3.8) is 0 Å². The molecule has 1 saturated carbocycles. The first-order valence-electron chi connectivity index (χ1n) is 28.8. The van der Waals surface area contributed by atoms with E-state index in [1.807, 2.05) is 18.7 Å². The molecule has 6 aliphatic rings. The molecule has 0 radical (unpaired) electrons. The van der Waals surface area contributed by atoms with Crippen molar-refractivity contribution >= 4 is 58.5 Å². The maximum atomic E-state index is 14.2. The number of carbonyl (C=O) groups is 5. The summed E-state index contributed by atoms with van der Waals surface area (Å²) in [5.74, 6) is -2.83. The summed E-state index contributed by atoms with van der Waals surface area (Å²) in [5, 5.41) is 39.7. The molecule has 22 nitrogen and oxygen atoms in total. The van der Waals surface area contributed by atoms with E-state index in [0.717, 1.165) is 22.9 Å². The van der Waals surface area contributed by atoms with Gasteiger partial charge in [0.05, 0.1) is 107 Å². The Balaban J connectivity index is 0.666. The van der Waals surface area contributed by atoms with Crippen molar-refractivity contribution in [3.05, 3.63) is 92.8 Å². The molecule has 1 aromatic heterocycles. The van der Waals surface area contributed by atoms with Gasteiger partial charge >= 0.3 is 0 Å². The third-order valence-corrected chi connectivity index (χ3v) is 18.1. The molecule has 4 fully saturated rings. The van der Waals surface area contributed by atoms with E-state index in [1.54, 1.807) is 46.9 Å². The van der Waals surface area contributed by atoms with Gasteiger partial charge in [0, 0.05) is 70.5 Å². The maximum Gasteiger partial charge on any atom is 0.247 e. The second-order valence-electron chi connectivity index (χ2n) is 21.7. The van der Waals surface area contributed by atoms with Crippen LogP contribution >= 0.6 is 23.5 Å². The second-order valence-corrected chi connectivity index (χ2v) is 23.9. The molecule has 3 amide bonds. The van der Waals surface area contributed by atoms with Crippen LogP contribution in [-0.2, 0) is 78.7 Å². The van der Waals surface area contributed by atoms with Gasteiger partial charge in [-0.15, -0.1) is 0 Å². The molecule has 10 rings (SSSR count). The van der Waals surface area contributed by atoms with E-state index in [-0.39, 0.29) is 102 Å². The lowest BCUT2D eigenvalue weighted by Gasteiger charge is -2.41. The van der Waals surface area contributed by atoms with E-state index in [9.17, 15) is 34.2 Å². The van der Waals surface area contributed by atoms with E-state index in [2.05, 4.69) is 27.3 Å². The summed E-state index contributed by atoms with van der Waals surface area (Å²) in [7, 11) is 1.37. The van der Waals surface area contributed by atoms with E-state index in [4.69, 9.17) is 48.2 Å². The third kappa shape index (κ3) is 14.4. The average molecular weight is 1190 g/mol. The topological polar surface area (TPSA) is 270 Å². The number of carbonyl (C=O) groups excluding carboxylic acids is 5. The summed E-state index contributed by atoms with van der Waals surface area (Å²) < 4.78 is 41.8. The van der Waals surface area contributed by atoms with Crippen molar-refractivity contribution in [3.8, 4) is 17.2 Å². The van der Waals surface area contributed by atoms with Crippen molar-refractivity contribution in [1.29, 1.82) is 0 Å². The van der Waals surface area contributed by atoms with E-state index >= 15 is 0 Å². The highest BCUT2D eigenvalue weighted by molar-refractivity contribution is 7.99. The van der Waals surface area contributed by atoms with Crippen LogP contribution in [0.3, 0.4) is 0 Å². The first-order valence-corrected chi connectivity index (χ1v) is 31.3. The standard InChI is InChI=1S/C59H75N7O15S2/c1-34-58-43(65-19-22-77-31-48(65)81-58)28-49(79-34)80-45-27-36(26-40-51(45)57(72)53-52(55(40)70)54(69)39-12-9-13-44(74-2)50(39)56(53)71)59(73)64-78-30-35-14-16-37(17-15-35)61-47(68)29-60-46(67)18-21-75-24-25-76-23-20-66-62-41(32-82-3)42(63-66)33-83-38-10-7-5-4-6-8-11-38/h9,12-17,34,36,38,43,45,48-49,58,70,72H,4-8,10-11,18-33H2,1-3H3,(H,60,67)(H,61,68)(H,64,73)/t34-,36?,43-,45-,48+,49-,58+/m0/s1. The Hall–Kier alpha value is -5.67. The lowest BCUT2D eigenvalue weighted by Crippen LogP contribution is -2.52. The number of hydrogen-bond acceptors (Lipinski definition) is 20. The van der Waals surface area contributed by atoms with E-state index < -0.39 is 59.3 Å². The largest absolute Gasteiger partial charge is 0.507 e. The Kier molecular flexibility index (Phi) is 20.7. The fourth-order valence-electron chi connectivity index (χ4n) is 12.0. The molecule has 3 aliphatic carbocycles. The number of benzene rings is 3. The van der Waals surface area contributed by atoms with Gasteiger partial charge in [0.25, 0.3) is 0 Å². The number of phenols is 2. The summed E-state index contributed by atoms with van der Waals surface area (Å²) in [5.41, 5.74) is 5.15. The molecule has 5 N–H and O–H groups in total. The molecule has 3 aromatic carbocycles. The van der Waals surface area contributed by atoms with Crippen LogP contribution in [0.1, 0.15) is 137 Å². The molecule has 24 heteroatoms. The number of phenolic OH excluding ortho intramolecular Hbond substituents is 2. The molecule has 0 spiro atoms. The van der Waals surface area contributed by atoms with E-state index in [0.29, 0.717) is 69.0 Å². The highest BCUT2D eigenvalue weighted by atomic mass is 32.2. The molecular formula is C59H75N7O15S2. The van der Waals surface area contributed by atoms with Crippen LogP contribution in [0.2, 0.25) is 0 Å². The summed E-state index contributed by atoms with van der Waals surface area (Å²) >= 11 is 3.77. The van der Waals surface area contributed by atoms with Gasteiger partial charge in [-0.1, -0.05) is 56.4 Å². The minimum absolute atomic E-state index is 0.00547. The number of nitrogens with one attached hydrogen (secondary N) is 3. The van der Waals surface area contributed by atoms with Crippen LogP contribution in [0.5, 0.6) is 17.2 Å². The number of methoxy groups -OCH3 is 1. The van der Waals surface area contributed by atoms with Gasteiger partial charge in [-0.05, 0) is 62.6 Å². The highest BCUT2D eigenvalue weighted by Crippen LogP contribution is 2.52. The zero-order valence-electron chi connectivity index (χ0n) is 47.2. The van der Waals surface area contributed by atoms with Gasteiger partial charge in [0.15, 0.2) is 12.1 Å². The van der Waals surface area contributed by atoms with Gasteiger partial charge in [-0.2, -0.15) is 38.5 Å². The average Bonchev–Trinajstić information content (AvgIpc) is 1.91. The number of rotatable bonds is 24. The highest BCUT2D eigenvalue weighted by Gasteiger charge is 2.52. The van der Waals surface area contributed by atoms with Gasteiger partial charge in [0.2, 0.25) is 23.5 Å². The van der Waals surface area contributed by atoms with Crippen molar-refractivity contribution in [2.45, 2.75) is 144 Å². The predicted molar refractivity (Wildman–Crippen MR) is 306 cm³/mol. The number of hydroxylamine groups is 1. The Morgan fingerprint density at radius 1 is 0.843 bits per heavy atom. The predicted octanol–water partition coefficient (Wildman–Crippen LogP) is 6.29. The van der Waals surface area contributed by atoms with Gasteiger partial charge < -0.3 is 54.0 Å². The fraction of sp³-hybridized carbons (Fsp3) is 0.576. The summed E-state index contributed by atoms with van der Waals surface area (Å²) in [4.78, 5) is 77.2. The second kappa shape index (κ2) is 28.5. The minimum atomic E-state index is -1.09. The number of fused-ring (bicyclic) bond motifs is 6. The van der Waals surface area contributed by atoms with Crippen molar-refractivity contribution < 1.29 is 72.2 Å². The SMILES string of the molecule is COc1cccc2c1C(=O)c1c(O)c3c(c(O)c1C2=O)CC(C(=O)NOCc1ccc(NC(=O)CNC(=O)CCOCCOCCn2nc(CSC)c(CSC4CCCCCCC4)n2)cc1)C[C@@H]3O[C@H]1C[C@H]2[C@H](O[C@@H]3COCCN32)[C@H](C)O1. The number of hydrogen-bond donors (Lipinski definition) is 5. The number of nitrogens with zero attached hydrogens (tertiary/aromatic N) is 4. The summed E-state index contributed by atoms with van der Waals surface area (Å²) in [6.07, 6.45) is 8.83. The number of ketones is 2. The summed E-state index contributed by atoms with van der Waals surface area (Å²) in [6.45, 7) is 5.03. The lowest BCUT2D eigenvalue weighted by atomic mass is 9.74. The minimum Gasteiger partial charge on any atom is -0.507 e. The van der Waals surface area contributed by atoms with Crippen LogP contribution in [0.25, 0.3) is 0 Å². The smallest absolute Gasteiger partial charge is 0.247 e. The monoisotopic (exact) mass is 1190 g/mol. The number of ether oxygens (including phenoxy) is 7. The quantitative estimate of drug-likeness (QED) is 0.0258. The van der Waals surface area contributed by atoms with Crippen LogP contribution in [0.4, 0.5) is 5.69 Å². The first-order chi connectivity index (χ1) is 40.4. The first kappa shape index (κ1) is 60.5. The molecule has 1 unspecified atom stereocenters.